The van der Waals surface area contributed by atoms with Crippen molar-refractivity contribution in [2.24, 2.45) is 13.0 Å². The number of aryl methyl sites for hydroxylation is 1. The maximum absolute atomic E-state index is 12.2. The largest absolute Gasteiger partial charge is 0.357 e. The van der Waals surface area contributed by atoms with Crippen molar-refractivity contribution in [3.63, 3.8) is 0 Å². The Labute approximate surface area is 142 Å². The maximum atomic E-state index is 12.2. The van der Waals surface area contributed by atoms with Crippen molar-refractivity contribution in [3.05, 3.63) is 36.3 Å². The van der Waals surface area contributed by atoms with Crippen LogP contribution in [0.1, 0.15) is 25.3 Å². The quantitative estimate of drug-likeness (QED) is 0.885. The molecule has 3 rings (SSSR count). The lowest BCUT2D eigenvalue weighted by molar-refractivity contribution is 0.436. The van der Waals surface area contributed by atoms with E-state index in [1.54, 1.807) is 13.2 Å². The van der Waals surface area contributed by atoms with Gasteiger partial charge in [-0.3, -0.25) is 4.68 Å². The minimum absolute atomic E-state index is 0.164. The number of nitrogens with one attached hydrogen (secondary N) is 1. The summed E-state index contributed by atoms with van der Waals surface area (Å²) < 4.78 is 28.4. The summed E-state index contributed by atoms with van der Waals surface area (Å²) in [7, 11) is -1.86. The Morgan fingerprint density at radius 3 is 2.58 bits per heavy atom. The predicted molar refractivity (Wildman–Crippen MR) is 92.1 cm³/mol. The van der Waals surface area contributed by atoms with E-state index < -0.39 is 10.0 Å². The molecule has 2 aromatic heterocycles. The highest BCUT2D eigenvalue weighted by Crippen LogP contribution is 2.21. The van der Waals surface area contributed by atoms with Crippen LogP contribution in [0.4, 0.5) is 5.82 Å². The molecule has 0 bridgehead atoms. The summed E-state index contributed by atoms with van der Waals surface area (Å²) in [6.07, 6.45) is 6.92. The third kappa shape index (κ3) is 3.93. The molecule has 1 aliphatic heterocycles. The molecule has 24 heavy (non-hydrogen) atoms. The summed E-state index contributed by atoms with van der Waals surface area (Å²) >= 11 is 0. The Hall–Kier alpha value is -1.93. The standard InChI is InChI=1S/C16H23N5O2S/c1-13-5-7-21(8-6-13)16-4-3-14(9-17-16)10-19-24(22,23)15-11-18-20(2)12-15/h3-4,9,11-13,19H,5-8,10H2,1-2H3. The number of pyridine rings is 1. The Morgan fingerprint density at radius 2 is 2.00 bits per heavy atom. The summed E-state index contributed by atoms with van der Waals surface area (Å²) in [6, 6.07) is 3.88. The highest BCUT2D eigenvalue weighted by molar-refractivity contribution is 7.89. The zero-order valence-corrected chi connectivity index (χ0v) is 14.8. The van der Waals surface area contributed by atoms with Gasteiger partial charge in [0.25, 0.3) is 0 Å². The van der Waals surface area contributed by atoms with Gasteiger partial charge in [-0.25, -0.2) is 18.1 Å². The Morgan fingerprint density at radius 1 is 1.25 bits per heavy atom. The topological polar surface area (TPSA) is 80.1 Å². The molecule has 8 heteroatoms. The maximum Gasteiger partial charge on any atom is 0.243 e. The van der Waals surface area contributed by atoms with Gasteiger partial charge in [0.05, 0.1) is 6.20 Å². The third-order valence-electron chi connectivity index (χ3n) is 4.37. The van der Waals surface area contributed by atoms with E-state index in [1.165, 1.54) is 29.9 Å². The van der Waals surface area contributed by atoms with Crippen molar-refractivity contribution >= 4 is 15.8 Å². The van der Waals surface area contributed by atoms with E-state index >= 15 is 0 Å². The third-order valence-corrected chi connectivity index (χ3v) is 5.73. The smallest absolute Gasteiger partial charge is 0.243 e. The van der Waals surface area contributed by atoms with Gasteiger partial charge in [-0.05, 0) is 30.4 Å². The molecule has 3 heterocycles. The van der Waals surface area contributed by atoms with Crippen LogP contribution in [0.25, 0.3) is 0 Å². The van der Waals surface area contributed by atoms with E-state index in [1.807, 2.05) is 12.1 Å². The van der Waals surface area contributed by atoms with Gasteiger partial charge >= 0.3 is 0 Å². The fourth-order valence-corrected chi connectivity index (χ4v) is 3.75. The average molecular weight is 349 g/mol. The van der Waals surface area contributed by atoms with Crippen LogP contribution < -0.4 is 9.62 Å². The summed E-state index contributed by atoms with van der Waals surface area (Å²) in [6.45, 7) is 4.55. The van der Waals surface area contributed by atoms with Crippen LogP contribution in [0.15, 0.2) is 35.6 Å². The van der Waals surface area contributed by atoms with E-state index in [0.717, 1.165) is 30.4 Å². The van der Waals surface area contributed by atoms with Crippen LogP contribution in [0.3, 0.4) is 0 Å². The van der Waals surface area contributed by atoms with E-state index in [0.29, 0.717) is 0 Å². The Kier molecular flexibility index (Phi) is 4.86. The molecule has 0 radical (unpaired) electrons. The number of anilines is 1. The highest BCUT2D eigenvalue weighted by Gasteiger charge is 2.18. The number of hydrogen-bond donors (Lipinski definition) is 1. The van der Waals surface area contributed by atoms with Gasteiger partial charge in [-0.2, -0.15) is 5.10 Å². The van der Waals surface area contributed by atoms with Gasteiger partial charge in [-0.15, -0.1) is 0 Å². The minimum Gasteiger partial charge on any atom is -0.357 e. The molecule has 130 valence electrons. The second-order valence-electron chi connectivity index (χ2n) is 6.37. The van der Waals surface area contributed by atoms with Crippen LogP contribution in [0.5, 0.6) is 0 Å². The number of aromatic nitrogens is 3. The first kappa shape index (κ1) is 16.9. The van der Waals surface area contributed by atoms with Crippen LogP contribution in [0, 0.1) is 5.92 Å². The van der Waals surface area contributed by atoms with E-state index in [-0.39, 0.29) is 11.4 Å². The number of hydrogen-bond acceptors (Lipinski definition) is 5. The Bertz CT molecular complexity index is 777. The summed E-state index contributed by atoms with van der Waals surface area (Å²) in [4.78, 5) is 6.92. The van der Waals surface area contributed by atoms with Crippen molar-refractivity contribution in [3.8, 4) is 0 Å². The Balaban J connectivity index is 1.60. The van der Waals surface area contributed by atoms with Crippen LogP contribution in [0.2, 0.25) is 0 Å². The molecule has 0 spiro atoms. The van der Waals surface area contributed by atoms with Gasteiger partial charge in [0.1, 0.15) is 10.7 Å². The lowest BCUT2D eigenvalue weighted by Gasteiger charge is -2.31. The first-order valence-electron chi connectivity index (χ1n) is 8.12. The average Bonchev–Trinajstić information content (AvgIpc) is 3.02. The lowest BCUT2D eigenvalue weighted by Crippen LogP contribution is -2.33. The molecule has 7 nitrogen and oxygen atoms in total. The fraction of sp³-hybridized carbons (Fsp3) is 0.500. The molecule has 0 amide bonds. The molecule has 0 aliphatic carbocycles. The van der Waals surface area contributed by atoms with Crippen molar-refractivity contribution < 1.29 is 8.42 Å². The molecule has 1 fully saturated rings. The molecule has 0 unspecified atom stereocenters. The SMILES string of the molecule is CC1CCN(c2ccc(CNS(=O)(=O)c3cnn(C)c3)cn2)CC1. The van der Waals surface area contributed by atoms with Crippen molar-refractivity contribution in [1.82, 2.24) is 19.5 Å². The number of rotatable bonds is 5. The van der Waals surface area contributed by atoms with Crippen molar-refractivity contribution in [1.29, 1.82) is 0 Å². The summed E-state index contributed by atoms with van der Waals surface area (Å²) in [5.74, 6) is 1.74. The van der Waals surface area contributed by atoms with Crippen LogP contribution >= 0.6 is 0 Å². The lowest BCUT2D eigenvalue weighted by atomic mass is 9.99. The molecule has 1 saturated heterocycles. The van der Waals surface area contributed by atoms with E-state index in [9.17, 15) is 8.42 Å². The van der Waals surface area contributed by atoms with Crippen LogP contribution in [-0.2, 0) is 23.6 Å². The first-order chi connectivity index (χ1) is 11.4. The molecule has 0 saturated carbocycles. The van der Waals surface area contributed by atoms with E-state index in [4.69, 9.17) is 0 Å². The summed E-state index contributed by atoms with van der Waals surface area (Å²) in [5, 5.41) is 3.89. The molecular formula is C16H23N5O2S. The molecule has 1 N–H and O–H groups in total. The molecule has 1 aliphatic rings. The molecule has 2 aromatic rings. The second kappa shape index (κ2) is 6.90. The van der Waals surface area contributed by atoms with Crippen molar-refractivity contribution in [2.45, 2.75) is 31.2 Å². The first-order valence-corrected chi connectivity index (χ1v) is 9.60. The summed E-state index contributed by atoms with van der Waals surface area (Å²) in [5.41, 5.74) is 0.830. The highest BCUT2D eigenvalue weighted by atomic mass is 32.2. The number of piperidine rings is 1. The normalized spacial score (nSPS) is 16.5. The van der Waals surface area contributed by atoms with E-state index in [2.05, 4.69) is 26.6 Å². The van der Waals surface area contributed by atoms with Gasteiger partial charge in [0.15, 0.2) is 0 Å². The molecular weight excluding hydrogens is 326 g/mol. The molecule has 0 atom stereocenters. The molecule has 0 aromatic carbocycles. The van der Waals surface area contributed by atoms with Gasteiger partial charge in [0.2, 0.25) is 10.0 Å². The minimum atomic E-state index is -3.55. The zero-order chi connectivity index (χ0) is 17.2. The van der Waals surface area contributed by atoms with Crippen molar-refractivity contribution in [2.75, 3.05) is 18.0 Å². The van der Waals surface area contributed by atoms with Gasteiger partial charge in [-0.1, -0.05) is 13.0 Å². The number of nitrogens with zero attached hydrogens (tertiary/aromatic N) is 4. The number of sulfonamides is 1. The second-order valence-corrected chi connectivity index (χ2v) is 8.14. The zero-order valence-electron chi connectivity index (χ0n) is 14.0. The van der Waals surface area contributed by atoms with Gasteiger partial charge < -0.3 is 4.90 Å². The van der Waals surface area contributed by atoms with Gasteiger partial charge in [0, 0.05) is 39.1 Å². The predicted octanol–water partition coefficient (Wildman–Crippen LogP) is 1.53. The van der Waals surface area contributed by atoms with Crippen LogP contribution in [-0.4, -0.2) is 36.3 Å². The monoisotopic (exact) mass is 349 g/mol. The fourth-order valence-electron chi connectivity index (χ4n) is 2.75.